The normalized spacial score (nSPS) is 11.6. The van der Waals surface area contributed by atoms with E-state index in [9.17, 15) is 14.4 Å². The lowest BCUT2D eigenvalue weighted by atomic mass is 10.0. The van der Waals surface area contributed by atoms with Crippen molar-refractivity contribution in [2.24, 2.45) is 5.92 Å². The molecule has 0 fully saturated rings. The van der Waals surface area contributed by atoms with Gasteiger partial charge in [-0.1, -0.05) is 18.5 Å². The van der Waals surface area contributed by atoms with E-state index in [2.05, 4.69) is 26.6 Å². The molecule has 0 heterocycles. The highest BCUT2D eigenvalue weighted by Gasteiger charge is 2.15. The van der Waals surface area contributed by atoms with E-state index in [1.807, 2.05) is 0 Å². The van der Waals surface area contributed by atoms with E-state index in [0.717, 1.165) is 0 Å². The van der Waals surface area contributed by atoms with Crippen molar-refractivity contribution in [3.63, 3.8) is 0 Å². The largest absolute Gasteiger partial charge is 0.481 e. The molecule has 114 valence electrons. The molecule has 0 saturated carbocycles. The summed E-state index contributed by atoms with van der Waals surface area (Å²) >= 11 is 9.05. The molecule has 3 amide bonds. The second-order valence-corrected chi connectivity index (χ2v) is 5.82. The van der Waals surface area contributed by atoms with Gasteiger partial charge in [0.15, 0.2) is 0 Å². The summed E-state index contributed by atoms with van der Waals surface area (Å²) in [4.78, 5) is 33.7. The minimum absolute atomic E-state index is 0.0452. The maximum atomic E-state index is 11.7. The molecule has 1 atom stereocenters. The number of carboxylic acid groups (broad SMARTS) is 1. The van der Waals surface area contributed by atoms with Gasteiger partial charge in [-0.2, -0.15) is 0 Å². The Balaban J connectivity index is 2.51. The molecule has 0 spiro atoms. The molecule has 0 bridgehead atoms. The van der Waals surface area contributed by atoms with Crippen LogP contribution in [0.25, 0.3) is 0 Å². The third-order valence-electron chi connectivity index (χ3n) is 2.49. The summed E-state index contributed by atoms with van der Waals surface area (Å²) in [5, 5.41) is 13.7. The number of amides is 3. The van der Waals surface area contributed by atoms with E-state index >= 15 is 0 Å². The van der Waals surface area contributed by atoms with Crippen molar-refractivity contribution in [2.75, 3.05) is 5.32 Å². The van der Waals surface area contributed by atoms with Gasteiger partial charge < -0.3 is 10.4 Å². The van der Waals surface area contributed by atoms with Gasteiger partial charge in [-0.05, 0) is 40.0 Å². The highest BCUT2D eigenvalue weighted by atomic mass is 79.9. The molecular formula is C13H14BrClN2O4. The number of urea groups is 1. The SMILES string of the molecule is CC(CC(=O)O)CC(=O)NC(=O)Nc1cc(Cl)ccc1Br. The fraction of sp³-hybridized carbons (Fsp3) is 0.308. The van der Waals surface area contributed by atoms with Crippen LogP contribution in [0.3, 0.4) is 0 Å². The average Bonchev–Trinajstić information content (AvgIpc) is 2.32. The highest BCUT2D eigenvalue weighted by Crippen LogP contribution is 2.25. The first-order valence-electron chi connectivity index (χ1n) is 6.05. The number of anilines is 1. The summed E-state index contributed by atoms with van der Waals surface area (Å²) in [5.41, 5.74) is 0.423. The molecule has 0 aliphatic heterocycles. The topological polar surface area (TPSA) is 95.5 Å². The Morgan fingerprint density at radius 2 is 2.00 bits per heavy atom. The van der Waals surface area contributed by atoms with Gasteiger partial charge in [0.2, 0.25) is 5.91 Å². The van der Waals surface area contributed by atoms with Crippen molar-refractivity contribution >= 4 is 51.1 Å². The van der Waals surface area contributed by atoms with Gasteiger partial charge in [-0.3, -0.25) is 14.9 Å². The van der Waals surface area contributed by atoms with Gasteiger partial charge in [-0.25, -0.2) is 4.79 Å². The molecule has 21 heavy (non-hydrogen) atoms. The average molecular weight is 378 g/mol. The molecule has 1 aromatic rings. The third-order valence-corrected chi connectivity index (χ3v) is 3.41. The number of halogens is 2. The predicted molar refractivity (Wildman–Crippen MR) is 82.3 cm³/mol. The van der Waals surface area contributed by atoms with Crippen LogP contribution in [0.1, 0.15) is 19.8 Å². The summed E-state index contributed by atoms with van der Waals surface area (Å²) < 4.78 is 0.619. The molecule has 1 unspecified atom stereocenters. The first-order valence-corrected chi connectivity index (χ1v) is 7.22. The smallest absolute Gasteiger partial charge is 0.325 e. The van der Waals surface area contributed by atoms with Crippen molar-refractivity contribution in [1.82, 2.24) is 5.32 Å². The monoisotopic (exact) mass is 376 g/mol. The van der Waals surface area contributed by atoms with Crippen LogP contribution in [-0.4, -0.2) is 23.0 Å². The van der Waals surface area contributed by atoms with E-state index in [1.165, 1.54) is 6.07 Å². The van der Waals surface area contributed by atoms with Crippen LogP contribution in [0.5, 0.6) is 0 Å². The molecule has 1 rings (SSSR count). The van der Waals surface area contributed by atoms with Crippen LogP contribution in [0.4, 0.5) is 10.5 Å². The van der Waals surface area contributed by atoms with E-state index in [1.54, 1.807) is 19.1 Å². The molecular weight excluding hydrogens is 364 g/mol. The Labute approximate surface area is 135 Å². The van der Waals surface area contributed by atoms with E-state index in [0.29, 0.717) is 15.2 Å². The Bertz CT molecular complexity index is 565. The van der Waals surface area contributed by atoms with Crippen molar-refractivity contribution in [3.8, 4) is 0 Å². The quantitative estimate of drug-likeness (QED) is 0.734. The van der Waals surface area contributed by atoms with Gasteiger partial charge in [0.1, 0.15) is 0 Å². The van der Waals surface area contributed by atoms with Crippen LogP contribution in [0.2, 0.25) is 5.02 Å². The Kier molecular flexibility index (Phi) is 6.64. The number of carbonyl (C=O) groups is 3. The standard InChI is InChI=1S/C13H14BrClN2O4/c1-7(5-12(19)20)4-11(18)17-13(21)16-10-6-8(15)2-3-9(10)14/h2-3,6-7H,4-5H2,1H3,(H,19,20)(H2,16,17,18,21). The van der Waals surface area contributed by atoms with Crippen LogP contribution in [0.15, 0.2) is 22.7 Å². The highest BCUT2D eigenvalue weighted by molar-refractivity contribution is 9.10. The zero-order chi connectivity index (χ0) is 16.0. The Hall–Kier alpha value is -1.60. The number of nitrogens with one attached hydrogen (secondary N) is 2. The molecule has 1 aromatic carbocycles. The number of rotatable bonds is 5. The minimum atomic E-state index is -0.984. The van der Waals surface area contributed by atoms with Crippen LogP contribution < -0.4 is 10.6 Å². The zero-order valence-electron chi connectivity index (χ0n) is 11.2. The fourth-order valence-corrected chi connectivity index (χ4v) is 2.13. The lowest BCUT2D eigenvalue weighted by Crippen LogP contribution is -2.35. The maximum Gasteiger partial charge on any atom is 0.325 e. The molecule has 0 aliphatic carbocycles. The summed E-state index contributed by atoms with van der Waals surface area (Å²) in [6.45, 7) is 1.62. The number of hydrogen-bond acceptors (Lipinski definition) is 3. The predicted octanol–water partition coefficient (Wildman–Crippen LogP) is 3.25. The first kappa shape index (κ1) is 17.5. The number of hydrogen-bond donors (Lipinski definition) is 3. The van der Waals surface area contributed by atoms with Gasteiger partial charge in [0.05, 0.1) is 5.69 Å². The van der Waals surface area contributed by atoms with Crippen LogP contribution in [-0.2, 0) is 9.59 Å². The van der Waals surface area contributed by atoms with E-state index < -0.39 is 17.9 Å². The van der Waals surface area contributed by atoms with Crippen molar-refractivity contribution in [2.45, 2.75) is 19.8 Å². The Morgan fingerprint density at radius 3 is 2.62 bits per heavy atom. The first-order chi connectivity index (χ1) is 9.77. The fourth-order valence-electron chi connectivity index (χ4n) is 1.61. The molecule has 6 nitrogen and oxygen atoms in total. The van der Waals surface area contributed by atoms with Crippen molar-refractivity contribution in [3.05, 3.63) is 27.7 Å². The summed E-state index contributed by atoms with van der Waals surface area (Å²) in [6, 6.07) is 4.13. The molecule has 3 N–H and O–H groups in total. The molecule has 0 aliphatic rings. The van der Waals surface area contributed by atoms with Gasteiger partial charge >= 0.3 is 12.0 Å². The molecule has 0 saturated heterocycles. The van der Waals surface area contributed by atoms with Gasteiger partial charge in [-0.15, -0.1) is 0 Å². The number of carboxylic acids is 1. The minimum Gasteiger partial charge on any atom is -0.481 e. The van der Waals surface area contributed by atoms with Crippen LogP contribution in [0, 0.1) is 5.92 Å². The van der Waals surface area contributed by atoms with Crippen molar-refractivity contribution < 1.29 is 19.5 Å². The maximum absolute atomic E-state index is 11.7. The van der Waals surface area contributed by atoms with E-state index in [-0.39, 0.29) is 18.8 Å². The Morgan fingerprint density at radius 1 is 1.33 bits per heavy atom. The number of aliphatic carboxylic acids is 1. The third kappa shape index (κ3) is 6.59. The second kappa shape index (κ2) is 7.99. The number of benzene rings is 1. The summed E-state index contributed by atoms with van der Waals surface area (Å²) in [5.74, 6) is -1.88. The van der Waals surface area contributed by atoms with Crippen molar-refractivity contribution in [1.29, 1.82) is 0 Å². The molecule has 0 radical (unpaired) electrons. The number of carbonyl (C=O) groups excluding carboxylic acids is 2. The van der Waals surface area contributed by atoms with Gasteiger partial charge in [0, 0.05) is 22.3 Å². The number of imide groups is 1. The van der Waals surface area contributed by atoms with E-state index in [4.69, 9.17) is 16.7 Å². The second-order valence-electron chi connectivity index (χ2n) is 4.53. The summed E-state index contributed by atoms with van der Waals surface area (Å²) in [7, 11) is 0. The molecule has 8 heteroatoms. The van der Waals surface area contributed by atoms with Crippen LogP contribution >= 0.6 is 27.5 Å². The molecule has 0 aromatic heterocycles. The lowest BCUT2D eigenvalue weighted by Gasteiger charge is -2.10. The summed E-state index contributed by atoms with van der Waals surface area (Å²) in [6.07, 6.45) is -0.175. The van der Waals surface area contributed by atoms with Gasteiger partial charge in [0.25, 0.3) is 0 Å². The zero-order valence-corrected chi connectivity index (χ0v) is 13.5. The lowest BCUT2D eigenvalue weighted by molar-refractivity contribution is -0.138.